The van der Waals surface area contributed by atoms with Crippen LogP contribution in [0.15, 0.2) is 16.7 Å². The summed E-state index contributed by atoms with van der Waals surface area (Å²) in [5.74, 6) is -18.5. The summed E-state index contributed by atoms with van der Waals surface area (Å²) >= 11 is 0. The summed E-state index contributed by atoms with van der Waals surface area (Å²) in [5.41, 5.74) is -49.2. The van der Waals surface area contributed by atoms with Crippen LogP contribution < -0.4 is 0 Å². The summed E-state index contributed by atoms with van der Waals surface area (Å²) in [6, 6.07) is 0.610. The van der Waals surface area contributed by atoms with Gasteiger partial charge in [-0.3, -0.25) is 0 Å². The smallest absolute Gasteiger partial charge is 0.219 e. The lowest BCUT2D eigenvalue weighted by Gasteiger charge is -2.19. The number of aromatic nitrogens is 4. The van der Waals surface area contributed by atoms with E-state index in [1.807, 2.05) is 0 Å². The number of rotatable bonds is 3. The predicted molar refractivity (Wildman–Crippen MR) is 148 cm³/mol. The normalized spacial score (nSPS) is 15.9. The molecular weight excluding hydrogens is 983 g/mol. The monoisotopic (exact) mass is 983 g/mol. The average Bonchev–Trinajstić information content (AvgIpc) is 3.80. The molecule has 0 N–H and O–H groups in total. The van der Waals surface area contributed by atoms with E-state index in [1.54, 1.807) is 19.9 Å². The Morgan fingerprint density at radius 2 is 0.554 bits per heavy atom. The van der Waals surface area contributed by atoms with Crippen LogP contribution in [0.5, 0.6) is 0 Å². The first-order valence-electron chi connectivity index (χ1n) is 15.1. The molecule has 348 valence electrons. The van der Waals surface area contributed by atoms with Crippen LogP contribution >= 0.6 is 0 Å². The maximum atomic E-state index is 15.5. The van der Waals surface area contributed by atoms with E-state index in [1.165, 1.54) is 0 Å². The van der Waals surface area contributed by atoms with E-state index in [4.69, 9.17) is 0 Å². The number of benzene rings is 1. The van der Waals surface area contributed by atoms with E-state index in [2.05, 4.69) is 0 Å². The molecule has 2 heterocycles. The molecule has 1 aromatic carbocycles. The minimum Gasteiger partial charge on any atom is -0.219 e. The summed E-state index contributed by atoms with van der Waals surface area (Å²) in [6.45, 7) is 0. The lowest BCUT2D eigenvalue weighted by molar-refractivity contribution is -0.162. The van der Waals surface area contributed by atoms with E-state index >= 15 is 8.78 Å². The molecule has 1 aliphatic carbocycles. The zero-order valence-corrected chi connectivity index (χ0v) is 28.8. The highest BCUT2D eigenvalue weighted by Crippen LogP contribution is 2.60. The molecule has 0 aliphatic heterocycles. The van der Waals surface area contributed by atoms with Crippen LogP contribution in [0, 0.1) is 51.4 Å². The lowest BCUT2D eigenvalue weighted by Crippen LogP contribution is -2.25. The number of nitriles is 3. The molecule has 4 rings (SSSR count). The van der Waals surface area contributed by atoms with Crippen molar-refractivity contribution in [1.29, 1.82) is 15.8 Å². The van der Waals surface area contributed by atoms with Gasteiger partial charge in [-0.15, -0.1) is 0 Å². The van der Waals surface area contributed by atoms with Crippen molar-refractivity contribution in [2.45, 2.75) is 49.4 Å². The summed E-state index contributed by atoms with van der Waals surface area (Å²) in [5, 5.41) is 29.6. The van der Waals surface area contributed by atoms with E-state index in [0.29, 0.717) is 0 Å². The quantitative estimate of drug-likeness (QED) is 0.145. The molecule has 65 heavy (non-hydrogen) atoms. The maximum absolute atomic E-state index is 15.5. The highest BCUT2D eigenvalue weighted by atomic mass is 19.4. The van der Waals surface area contributed by atoms with Crippen molar-refractivity contribution in [1.82, 2.24) is 19.9 Å². The standard InChI is InChI=1S/C31F27N7/c32-15-10(13(24(35,36)37)16(33)14(17(15)34)25(38,39)40)4(1-59)7-8(5(2-60)11-18(26(41,42)43)62-22(30(53,54)55)63-19(11)27(44,45)46)9(7)6(3-61)12-20(28(47,48)49)64-23(31(56,57)58)65-21(12)29(50,51)52. The van der Waals surface area contributed by atoms with Crippen molar-refractivity contribution >= 4 is 16.7 Å². The highest BCUT2D eigenvalue weighted by molar-refractivity contribution is 6.13. The van der Waals surface area contributed by atoms with E-state index in [-0.39, 0.29) is 18.2 Å². The van der Waals surface area contributed by atoms with Gasteiger partial charge in [-0.1, -0.05) is 0 Å². The first kappa shape index (κ1) is 50.8. The largest absolute Gasteiger partial charge is 0.451 e. The molecular formula is C31F27N7. The van der Waals surface area contributed by atoms with E-state index < -0.39 is 163 Å². The topological polar surface area (TPSA) is 123 Å². The Kier molecular flexibility index (Phi) is 12.1. The van der Waals surface area contributed by atoms with Gasteiger partial charge < -0.3 is 0 Å². The van der Waals surface area contributed by atoms with Crippen molar-refractivity contribution in [3.05, 3.63) is 96.4 Å². The van der Waals surface area contributed by atoms with Gasteiger partial charge in [0, 0.05) is 22.3 Å². The van der Waals surface area contributed by atoms with Gasteiger partial charge in [0.25, 0.3) is 0 Å². The second-order valence-electron chi connectivity index (χ2n) is 11.9. The molecule has 0 unspecified atom stereocenters. The Morgan fingerprint density at radius 1 is 0.308 bits per heavy atom. The maximum Gasteiger partial charge on any atom is 0.451 e. The Hall–Kier alpha value is -6.82. The third-order valence-corrected chi connectivity index (χ3v) is 7.81. The zero-order valence-electron chi connectivity index (χ0n) is 28.8. The molecule has 1 aliphatic rings. The third-order valence-electron chi connectivity index (χ3n) is 7.81. The van der Waals surface area contributed by atoms with Crippen molar-refractivity contribution in [2.75, 3.05) is 0 Å². The number of hydrogen-bond acceptors (Lipinski definition) is 7. The fourth-order valence-electron chi connectivity index (χ4n) is 5.53. The first-order chi connectivity index (χ1) is 29.0. The van der Waals surface area contributed by atoms with Gasteiger partial charge in [-0.2, -0.15) is 121 Å². The molecule has 0 bridgehead atoms. The molecule has 0 saturated heterocycles. The fraction of sp³-hybridized carbons (Fsp3) is 0.258. The van der Waals surface area contributed by atoms with Crippen LogP contribution in [0.4, 0.5) is 119 Å². The zero-order chi connectivity index (χ0) is 50.5. The second-order valence-corrected chi connectivity index (χ2v) is 11.9. The van der Waals surface area contributed by atoms with E-state index in [0.717, 1.165) is 0 Å². The summed E-state index contributed by atoms with van der Waals surface area (Å²) in [4.78, 5) is 7.04. The molecule has 0 radical (unpaired) electrons. The van der Waals surface area contributed by atoms with Crippen LogP contribution in [0.25, 0.3) is 16.7 Å². The molecule has 3 aromatic rings. The second kappa shape index (κ2) is 15.4. The van der Waals surface area contributed by atoms with Crippen LogP contribution in [-0.2, 0) is 49.4 Å². The Labute approximate surface area is 335 Å². The van der Waals surface area contributed by atoms with Gasteiger partial charge in [0.05, 0.1) is 27.8 Å². The van der Waals surface area contributed by atoms with Gasteiger partial charge in [0.1, 0.15) is 29.3 Å². The van der Waals surface area contributed by atoms with Crippen LogP contribution in [0.2, 0.25) is 0 Å². The molecule has 0 atom stereocenters. The minimum absolute atomic E-state index is 0.194. The number of halogens is 27. The third kappa shape index (κ3) is 9.25. The molecule has 1 saturated carbocycles. The van der Waals surface area contributed by atoms with Crippen LogP contribution in [-0.4, -0.2) is 19.9 Å². The van der Waals surface area contributed by atoms with Crippen LogP contribution in [0.3, 0.4) is 0 Å². The summed E-state index contributed by atoms with van der Waals surface area (Å²) < 4.78 is 381. The first-order valence-corrected chi connectivity index (χ1v) is 15.1. The van der Waals surface area contributed by atoms with E-state index in [9.17, 15) is 126 Å². The number of nitrogens with zero attached hydrogens (tertiary/aromatic N) is 7. The summed E-state index contributed by atoms with van der Waals surface area (Å²) in [6.07, 6.45) is -54.0. The van der Waals surface area contributed by atoms with Gasteiger partial charge >= 0.3 is 49.4 Å². The highest BCUT2D eigenvalue weighted by Gasteiger charge is 2.56. The van der Waals surface area contributed by atoms with Gasteiger partial charge in [-0.25, -0.2) is 33.1 Å². The number of hydrogen-bond donors (Lipinski definition) is 0. The molecule has 1 fully saturated rings. The Balaban J connectivity index is 2.62. The fourth-order valence-corrected chi connectivity index (χ4v) is 5.53. The summed E-state index contributed by atoms with van der Waals surface area (Å²) in [7, 11) is 0. The van der Waals surface area contributed by atoms with Gasteiger partial charge in [0.15, 0.2) is 40.2 Å². The number of allylic oxidation sites excluding steroid dienone is 6. The van der Waals surface area contributed by atoms with Crippen molar-refractivity contribution in [3.63, 3.8) is 0 Å². The molecule has 0 amide bonds. The minimum atomic E-state index is -6.96. The lowest BCUT2D eigenvalue weighted by atomic mass is 9.93. The predicted octanol–water partition coefficient (Wildman–Crippen LogP) is 12.1. The molecule has 34 heteroatoms. The average molecular weight is 983 g/mol. The molecule has 2 aromatic heterocycles. The molecule has 7 nitrogen and oxygen atoms in total. The van der Waals surface area contributed by atoms with Crippen molar-refractivity contribution in [2.24, 2.45) is 0 Å². The SMILES string of the molecule is N#CC(=C1C(=C(C#N)c2c(C(F)(F)F)nc(C(F)(F)F)nc2C(F)(F)F)C1=C(C#N)c1c(F)c(F)c(C(F)(F)F)c(F)c1C(F)(F)F)c1c(C(F)(F)F)nc(C(F)(F)F)nc1C(F)(F)F. The number of alkyl halides is 24. The van der Waals surface area contributed by atoms with Gasteiger partial charge in [-0.05, 0) is 0 Å². The van der Waals surface area contributed by atoms with Crippen molar-refractivity contribution < 1.29 is 119 Å². The Bertz CT molecular complexity index is 2540. The van der Waals surface area contributed by atoms with Crippen molar-refractivity contribution in [3.8, 4) is 18.2 Å². The Morgan fingerprint density at radius 3 is 0.754 bits per heavy atom. The van der Waals surface area contributed by atoms with Gasteiger partial charge in [0.2, 0.25) is 11.6 Å². The molecule has 0 spiro atoms. The van der Waals surface area contributed by atoms with Crippen LogP contribution in [0.1, 0.15) is 62.2 Å².